The lowest BCUT2D eigenvalue weighted by Gasteiger charge is -2.29. The van der Waals surface area contributed by atoms with Crippen LogP contribution in [0, 0.1) is 5.92 Å². The lowest BCUT2D eigenvalue weighted by molar-refractivity contribution is -0.139. The Morgan fingerprint density at radius 2 is 1.53 bits per heavy atom. The van der Waals surface area contributed by atoms with E-state index in [0.29, 0.717) is 29.0 Å². The number of likely N-dealkylation sites (tertiary alicyclic amines) is 1. The lowest BCUT2D eigenvalue weighted by atomic mass is 9.89. The van der Waals surface area contributed by atoms with Gasteiger partial charge < -0.3 is 35.6 Å². The molecule has 0 unspecified atom stereocenters. The Bertz CT molecular complexity index is 2140. The monoisotopic (exact) mass is 806 g/mol. The van der Waals surface area contributed by atoms with Crippen LogP contribution >= 0.6 is 11.6 Å². The van der Waals surface area contributed by atoms with Crippen molar-refractivity contribution in [3.05, 3.63) is 137 Å². The molecule has 1 aliphatic heterocycles. The number of fused-ring (bicyclic) bond motifs is 1. The maximum absolute atomic E-state index is 14.7. The molecule has 13 nitrogen and oxygen atoms in total. The highest BCUT2D eigenvalue weighted by molar-refractivity contribution is 6.30. The molecule has 0 bridgehead atoms. The minimum atomic E-state index is -1.04. The normalized spacial score (nSPS) is 16.1. The van der Waals surface area contributed by atoms with Crippen molar-refractivity contribution in [3.8, 4) is 0 Å². The zero-order chi connectivity index (χ0) is 40.9. The van der Waals surface area contributed by atoms with Crippen molar-refractivity contribution >= 4 is 52.2 Å². The maximum atomic E-state index is 14.7. The van der Waals surface area contributed by atoms with Crippen molar-refractivity contribution in [2.75, 3.05) is 13.1 Å². The van der Waals surface area contributed by atoms with Crippen molar-refractivity contribution in [1.82, 2.24) is 15.2 Å². The third-order valence-electron chi connectivity index (χ3n) is 10.0. The van der Waals surface area contributed by atoms with E-state index in [1.165, 1.54) is 4.90 Å². The molecule has 58 heavy (non-hydrogen) atoms. The van der Waals surface area contributed by atoms with Crippen LogP contribution in [-0.2, 0) is 38.7 Å². The van der Waals surface area contributed by atoms with Gasteiger partial charge in [-0.05, 0) is 66.6 Å². The number of aliphatic imine (C=N–C) groups is 1. The Labute approximate surface area is 341 Å². The van der Waals surface area contributed by atoms with Gasteiger partial charge in [0, 0.05) is 36.9 Å². The number of ether oxygens (including phenoxy) is 2. The number of carbonyl (C=O) groups is 4. The Morgan fingerprint density at radius 1 is 0.862 bits per heavy atom. The number of oxazole rings is 1. The largest absolute Gasteiger partial charge is 0.445 e. The Morgan fingerprint density at radius 3 is 2.24 bits per heavy atom. The fraction of sp³-hybridized carbons (Fsp3) is 0.318. The smallest absolute Gasteiger partial charge is 0.408 e. The molecule has 5 N–H and O–H groups in total. The zero-order valence-electron chi connectivity index (χ0n) is 32.0. The van der Waals surface area contributed by atoms with Gasteiger partial charge in [-0.3, -0.25) is 19.4 Å². The third-order valence-corrected chi connectivity index (χ3v) is 10.3. The molecule has 14 heteroatoms. The number of para-hydroxylation sites is 2. The topological polar surface area (TPSA) is 192 Å². The summed E-state index contributed by atoms with van der Waals surface area (Å²) >= 11 is 6.09. The van der Waals surface area contributed by atoms with E-state index >= 15 is 0 Å². The summed E-state index contributed by atoms with van der Waals surface area (Å²) in [7, 11) is 0. The van der Waals surface area contributed by atoms with Gasteiger partial charge in [-0.2, -0.15) is 0 Å². The maximum Gasteiger partial charge on any atom is 0.408 e. The molecule has 4 atom stereocenters. The van der Waals surface area contributed by atoms with Crippen molar-refractivity contribution in [2.45, 2.75) is 69.9 Å². The second-order valence-electron chi connectivity index (χ2n) is 14.3. The number of guanidine groups is 1. The van der Waals surface area contributed by atoms with Gasteiger partial charge >= 0.3 is 6.09 Å². The first-order valence-electron chi connectivity index (χ1n) is 19.3. The number of amides is 2. The molecule has 1 fully saturated rings. The van der Waals surface area contributed by atoms with Crippen LogP contribution in [0.2, 0.25) is 5.02 Å². The highest BCUT2D eigenvalue weighted by Crippen LogP contribution is 2.29. The predicted octanol–water partition coefficient (Wildman–Crippen LogP) is 6.41. The van der Waals surface area contributed by atoms with Gasteiger partial charge in [0.15, 0.2) is 17.3 Å². The van der Waals surface area contributed by atoms with Gasteiger partial charge in [0.25, 0.3) is 5.89 Å². The molecule has 4 aromatic carbocycles. The predicted molar refractivity (Wildman–Crippen MR) is 220 cm³/mol. The van der Waals surface area contributed by atoms with Gasteiger partial charge in [-0.25, -0.2) is 9.78 Å². The van der Waals surface area contributed by atoms with E-state index in [4.69, 9.17) is 37.0 Å². The van der Waals surface area contributed by atoms with E-state index in [9.17, 15) is 19.2 Å². The highest BCUT2D eigenvalue weighted by Gasteiger charge is 2.43. The van der Waals surface area contributed by atoms with Gasteiger partial charge in [0.1, 0.15) is 18.2 Å². The number of Topliss-reactive ketones (excluding diaryl/α,β-unsaturated/α-hetero) is 2. The van der Waals surface area contributed by atoms with Gasteiger partial charge in [0.2, 0.25) is 11.7 Å². The fourth-order valence-corrected chi connectivity index (χ4v) is 7.11. The average Bonchev–Trinajstić information content (AvgIpc) is 3.88. The molecule has 1 aliphatic rings. The highest BCUT2D eigenvalue weighted by atomic mass is 35.5. The molecule has 2 amide bonds. The van der Waals surface area contributed by atoms with E-state index in [1.54, 1.807) is 36.4 Å². The quantitative estimate of drug-likeness (QED) is 0.0364. The number of aryl methyl sites for hydroxylation is 1. The first-order chi connectivity index (χ1) is 28.1. The molecule has 2 heterocycles. The van der Waals surface area contributed by atoms with Gasteiger partial charge in [0.05, 0.1) is 18.8 Å². The molecule has 0 radical (unpaired) electrons. The second kappa shape index (κ2) is 20.4. The van der Waals surface area contributed by atoms with Crippen LogP contribution in [0.4, 0.5) is 4.79 Å². The Kier molecular flexibility index (Phi) is 14.6. The number of nitrogens with two attached hydrogens (primary N) is 2. The van der Waals surface area contributed by atoms with E-state index in [-0.39, 0.29) is 69.6 Å². The third kappa shape index (κ3) is 11.7. The molecule has 302 valence electrons. The number of nitrogens with one attached hydrogen (secondary N) is 1. The minimum absolute atomic E-state index is 0.0103. The molecule has 0 spiro atoms. The van der Waals surface area contributed by atoms with Crippen molar-refractivity contribution in [3.63, 3.8) is 0 Å². The molecule has 5 aromatic rings. The minimum Gasteiger partial charge on any atom is -0.445 e. The van der Waals surface area contributed by atoms with Gasteiger partial charge in [-0.15, -0.1) is 0 Å². The number of nitrogens with zero attached hydrogens (tertiary/aromatic N) is 3. The summed E-state index contributed by atoms with van der Waals surface area (Å²) in [5.41, 5.74) is 14.7. The van der Waals surface area contributed by atoms with Crippen LogP contribution < -0.4 is 16.8 Å². The average molecular weight is 807 g/mol. The lowest BCUT2D eigenvalue weighted by Crippen LogP contribution is -2.52. The van der Waals surface area contributed by atoms with Crippen LogP contribution in [0.25, 0.3) is 11.1 Å². The summed E-state index contributed by atoms with van der Waals surface area (Å²) in [4.78, 5) is 66.3. The van der Waals surface area contributed by atoms with E-state index < -0.39 is 41.9 Å². The summed E-state index contributed by atoms with van der Waals surface area (Å²) in [6.07, 6.45) is 0.0405. The molecule has 6 rings (SSSR count). The number of benzene rings is 4. The number of hydrogen-bond acceptors (Lipinski definition) is 9. The van der Waals surface area contributed by atoms with Crippen LogP contribution in [0.5, 0.6) is 0 Å². The molecule has 0 aliphatic carbocycles. The van der Waals surface area contributed by atoms with E-state index in [0.717, 1.165) is 16.7 Å². The summed E-state index contributed by atoms with van der Waals surface area (Å²) in [5.74, 6) is -2.27. The molecule has 1 aromatic heterocycles. The van der Waals surface area contributed by atoms with E-state index in [2.05, 4.69) is 15.3 Å². The SMILES string of the molecule is NC(N)=NCCC[C@H](CC(=O)[C@@H]1C[C@@H](OCc2ccc(Cl)cc2)CN1C(=O)[C@@H](CCc1ccccc1)NC(=O)OCc1ccccc1)C(=O)c1nc2ccccc2o1. The van der Waals surface area contributed by atoms with Gasteiger partial charge in [-0.1, -0.05) is 96.5 Å². The second-order valence-corrected chi connectivity index (χ2v) is 14.7. The summed E-state index contributed by atoms with van der Waals surface area (Å²) < 4.78 is 17.6. The summed E-state index contributed by atoms with van der Waals surface area (Å²) in [6, 6.07) is 31.0. The Hall–Kier alpha value is -6.05. The Balaban J connectivity index is 1.24. The van der Waals surface area contributed by atoms with E-state index in [1.807, 2.05) is 72.8 Å². The van der Waals surface area contributed by atoms with Crippen LogP contribution in [0.1, 0.15) is 59.5 Å². The van der Waals surface area contributed by atoms with Crippen molar-refractivity contribution < 1.29 is 33.1 Å². The molecular weight excluding hydrogens is 760 g/mol. The molecule has 0 saturated carbocycles. The number of alkyl carbamates (subject to hydrolysis) is 1. The number of halogens is 1. The van der Waals surface area contributed by atoms with Crippen LogP contribution in [0.3, 0.4) is 0 Å². The molecule has 1 saturated heterocycles. The van der Waals surface area contributed by atoms with Crippen LogP contribution in [-0.4, -0.2) is 70.7 Å². The number of carbonyl (C=O) groups excluding carboxylic acids is 4. The zero-order valence-corrected chi connectivity index (χ0v) is 32.8. The fourth-order valence-electron chi connectivity index (χ4n) is 6.98. The number of hydrogen-bond donors (Lipinski definition) is 3. The first kappa shape index (κ1) is 41.6. The standard InChI is InChI=1S/C44H47ClN6O7/c45-33-20-17-31(18-21-33)27-56-34-25-37(38(52)24-32(14-9-23-48-43(46)47)40(53)41-49-35-15-7-8-16-39(35)58-41)51(26-34)42(54)36(22-19-29-10-3-1-4-11-29)50-44(55)57-28-30-12-5-2-6-13-30/h1-8,10-13,15-18,20-21,32,34,36-37H,9,14,19,22-28H2,(H,50,55)(H4,46,47,48)/t32-,34-,36-,37+/m1/s1. The number of rotatable bonds is 19. The molecular formula is C44H47ClN6O7. The number of aromatic nitrogens is 1. The van der Waals surface area contributed by atoms with Crippen molar-refractivity contribution in [1.29, 1.82) is 0 Å². The summed E-state index contributed by atoms with van der Waals surface area (Å²) in [5, 5.41) is 3.37. The number of ketones is 2. The van der Waals surface area contributed by atoms with Crippen molar-refractivity contribution in [2.24, 2.45) is 22.4 Å². The summed E-state index contributed by atoms with van der Waals surface area (Å²) in [6.45, 7) is 0.559. The first-order valence-corrected chi connectivity index (χ1v) is 19.7. The van der Waals surface area contributed by atoms with Crippen LogP contribution in [0.15, 0.2) is 119 Å².